The second kappa shape index (κ2) is 7.56. The van der Waals surface area contributed by atoms with Gasteiger partial charge in [0, 0.05) is 18.6 Å². The third-order valence-corrected chi connectivity index (χ3v) is 4.68. The van der Waals surface area contributed by atoms with Crippen LogP contribution in [0.5, 0.6) is 0 Å². The molecule has 5 heteroatoms. The van der Waals surface area contributed by atoms with Gasteiger partial charge in [0.15, 0.2) is 0 Å². The van der Waals surface area contributed by atoms with Crippen molar-refractivity contribution in [2.24, 2.45) is 0 Å². The monoisotopic (exact) mass is 298 g/mol. The summed E-state index contributed by atoms with van der Waals surface area (Å²) in [4.78, 5) is 14.6. The van der Waals surface area contributed by atoms with Gasteiger partial charge >= 0.3 is 5.97 Å². The first-order chi connectivity index (χ1) is 10.1. The maximum atomic E-state index is 12.1. The van der Waals surface area contributed by atoms with Crippen LogP contribution in [0.4, 0.5) is 0 Å². The number of hydrogen-bond donors (Lipinski definition) is 1. The van der Waals surface area contributed by atoms with Crippen LogP contribution in [0, 0.1) is 0 Å². The van der Waals surface area contributed by atoms with Crippen LogP contribution in [0.1, 0.15) is 46.0 Å². The summed E-state index contributed by atoms with van der Waals surface area (Å²) in [5.41, 5.74) is -0.538. The van der Waals surface area contributed by atoms with E-state index in [2.05, 4.69) is 17.1 Å². The normalized spacial score (nSPS) is 26.3. The van der Waals surface area contributed by atoms with E-state index in [4.69, 9.17) is 9.47 Å². The minimum absolute atomic E-state index is 0.136. The Morgan fingerprint density at radius 1 is 1.48 bits per heavy atom. The van der Waals surface area contributed by atoms with Crippen LogP contribution in [0.2, 0.25) is 0 Å². The van der Waals surface area contributed by atoms with Crippen LogP contribution >= 0.6 is 0 Å². The van der Waals surface area contributed by atoms with Crippen molar-refractivity contribution < 1.29 is 14.3 Å². The molecule has 0 amide bonds. The Balaban J connectivity index is 1.81. The first-order valence-electron chi connectivity index (χ1n) is 8.27. The van der Waals surface area contributed by atoms with E-state index in [1.54, 1.807) is 0 Å². The van der Waals surface area contributed by atoms with Crippen molar-refractivity contribution in [2.75, 3.05) is 33.4 Å². The van der Waals surface area contributed by atoms with E-state index < -0.39 is 5.54 Å². The number of nitrogens with zero attached hydrogens (tertiary/aromatic N) is 1. The summed E-state index contributed by atoms with van der Waals surface area (Å²) in [6, 6.07) is 1.03. The molecule has 2 aliphatic rings. The van der Waals surface area contributed by atoms with Gasteiger partial charge in [0.25, 0.3) is 0 Å². The molecule has 0 bridgehead atoms. The zero-order chi connectivity index (χ0) is 15.3. The summed E-state index contributed by atoms with van der Waals surface area (Å²) in [6.45, 7) is 7.88. The number of ether oxygens (including phenoxy) is 2. The maximum absolute atomic E-state index is 12.1. The van der Waals surface area contributed by atoms with Crippen LogP contribution in [0.25, 0.3) is 0 Å². The van der Waals surface area contributed by atoms with Gasteiger partial charge in [-0.15, -0.1) is 0 Å². The molecule has 2 fully saturated rings. The van der Waals surface area contributed by atoms with E-state index in [0.717, 1.165) is 45.6 Å². The highest BCUT2D eigenvalue weighted by molar-refractivity contribution is 5.80. The number of carbonyl (C=O) groups is 1. The van der Waals surface area contributed by atoms with E-state index in [1.165, 1.54) is 20.0 Å². The summed E-state index contributed by atoms with van der Waals surface area (Å²) >= 11 is 0. The highest BCUT2D eigenvalue weighted by Crippen LogP contribution is 2.26. The zero-order valence-electron chi connectivity index (χ0n) is 13.7. The Labute approximate surface area is 128 Å². The molecule has 1 aliphatic carbocycles. The molecule has 122 valence electrons. The smallest absolute Gasteiger partial charge is 0.325 e. The summed E-state index contributed by atoms with van der Waals surface area (Å²) < 4.78 is 10.5. The molecule has 2 atom stereocenters. The molecule has 21 heavy (non-hydrogen) atoms. The van der Waals surface area contributed by atoms with Crippen LogP contribution in [0.15, 0.2) is 0 Å². The molecule has 0 aromatic carbocycles. The number of esters is 1. The number of rotatable bonds is 8. The fourth-order valence-corrected chi connectivity index (χ4v) is 3.13. The molecule has 5 nitrogen and oxygen atoms in total. The topological polar surface area (TPSA) is 50.8 Å². The summed E-state index contributed by atoms with van der Waals surface area (Å²) in [5, 5.41) is 3.46. The molecule has 0 aromatic rings. The molecular weight excluding hydrogens is 268 g/mol. The summed E-state index contributed by atoms with van der Waals surface area (Å²) in [5.74, 6) is -0.136. The van der Waals surface area contributed by atoms with Gasteiger partial charge in [0.05, 0.1) is 20.3 Å². The Morgan fingerprint density at radius 2 is 2.24 bits per heavy atom. The van der Waals surface area contributed by atoms with Crippen molar-refractivity contribution in [3.05, 3.63) is 0 Å². The molecule has 0 aromatic heterocycles. The predicted molar refractivity (Wildman–Crippen MR) is 82.3 cm³/mol. The standard InChI is InChI=1S/C16H30N2O3/c1-4-14-12-21-11-10-18(14)9-5-8-16(2,15(19)20-3)17-13-6-7-13/h13-14,17H,4-12H2,1-3H3. The average Bonchev–Trinajstić information content (AvgIpc) is 3.30. The van der Waals surface area contributed by atoms with Gasteiger partial charge in [0.1, 0.15) is 5.54 Å². The number of methoxy groups -OCH3 is 1. The van der Waals surface area contributed by atoms with Crippen molar-refractivity contribution in [1.29, 1.82) is 0 Å². The van der Waals surface area contributed by atoms with Gasteiger partial charge in [-0.05, 0) is 45.6 Å². The average molecular weight is 298 g/mol. The van der Waals surface area contributed by atoms with Crippen LogP contribution in [-0.2, 0) is 14.3 Å². The lowest BCUT2D eigenvalue weighted by Gasteiger charge is -2.36. The quantitative estimate of drug-likeness (QED) is 0.689. The second-order valence-corrected chi connectivity index (χ2v) is 6.52. The van der Waals surface area contributed by atoms with Crippen LogP contribution in [-0.4, -0.2) is 61.9 Å². The number of hydrogen-bond acceptors (Lipinski definition) is 5. The van der Waals surface area contributed by atoms with Crippen molar-refractivity contribution in [1.82, 2.24) is 10.2 Å². The molecule has 1 aliphatic heterocycles. The minimum atomic E-state index is -0.538. The van der Waals surface area contributed by atoms with E-state index in [-0.39, 0.29) is 5.97 Å². The van der Waals surface area contributed by atoms with Gasteiger partial charge in [-0.3, -0.25) is 15.0 Å². The van der Waals surface area contributed by atoms with Gasteiger partial charge in [-0.1, -0.05) is 6.92 Å². The van der Waals surface area contributed by atoms with Gasteiger partial charge < -0.3 is 9.47 Å². The van der Waals surface area contributed by atoms with Gasteiger partial charge in [-0.2, -0.15) is 0 Å². The lowest BCUT2D eigenvalue weighted by atomic mass is 9.95. The molecule has 1 saturated carbocycles. The van der Waals surface area contributed by atoms with E-state index in [0.29, 0.717) is 12.1 Å². The SMILES string of the molecule is CCC1COCCN1CCCC(C)(NC1CC1)C(=O)OC. The first kappa shape index (κ1) is 16.7. The molecule has 2 unspecified atom stereocenters. The molecular formula is C16H30N2O3. The maximum Gasteiger partial charge on any atom is 0.325 e. The molecule has 1 N–H and O–H groups in total. The Hall–Kier alpha value is -0.650. The van der Waals surface area contributed by atoms with Crippen molar-refractivity contribution >= 4 is 5.97 Å². The van der Waals surface area contributed by atoms with Crippen molar-refractivity contribution in [2.45, 2.75) is 63.6 Å². The lowest BCUT2D eigenvalue weighted by molar-refractivity contribution is -0.148. The molecule has 0 spiro atoms. The Kier molecular flexibility index (Phi) is 6.02. The lowest BCUT2D eigenvalue weighted by Crippen LogP contribution is -2.52. The van der Waals surface area contributed by atoms with Crippen molar-refractivity contribution in [3.63, 3.8) is 0 Å². The highest BCUT2D eigenvalue weighted by atomic mass is 16.5. The summed E-state index contributed by atoms with van der Waals surface area (Å²) in [7, 11) is 1.48. The third kappa shape index (κ3) is 4.66. The van der Waals surface area contributed by atoms with E-state index in [9.17, 15) is 4.79 Å². The predicted octanol–water partition coefficient (Wildman–Crippen LogP) is 1.56. The largest absolute Gasteiger partial charge is 0.468 e. The fourth-order valence-electron chi connectivity index (χ4n) is 3.13. The third-order valence-electron chi connectivity index (χ3n) is 4.68. The Bertz CT molecular complexity index is 346. The molecule has 1 saturated heterocycles. The van der Waals surface area contributed by atoms with Crippen molar-refractivity contribution in [3.8, 4) is 0 Å². The second-order valence-electron chi connectivity index (χ2n) is 6.52. The molecule has 2 rings (SSSR count). The van der Waals surface area contributed by atoms with E-state index in [1.807, 2.05) is 6.92 Å². The summed E-state index contributed by atoms with van der Waals surface area (Å²) in [6.07, 6.45) is 5.29. The molecule has 0 radical (unpaired) electrons. The minimum Gasteiger partial charge on any atom is -0.468 e. The van der Waals surface area contributed by atoms with Gasteiger partial charge in [-0.25, -0.2) is 0 Å². The first-order valence-corrected chi connectivity index (χ1v) is 8.27. The Morgan fingerprint density at radius 3 is 2.86 bits per heavy atom. The fraction of sp³-hybridized carbons (Fsp3) is 0.938. The van der Waals surface area contributed by atoms with Crippen LogP contribution < -0.4 is 5.32 Å². The van der Waals surface area contributed by atoms with E-state index >= 15 is 0 Å². The number of nitrogens with one attached hydrogen (secondary N) is 1. The number of morpholine rings is 1. The van der Waals surface area contributed by atoms with Gasteiger partial charge in [0.2, 0.25) is 0 Å². The number of carbonyl (C=O) groups excluding carboxylic acids is 1. The van der Waals surface area contributed by atoms with Crippen LogP contribution in [0.3, 0.4) is 0 Å². The molecule has 1 heterocycles. The highest BCUT2D eigenvalue weighted by Gasteiger charge is 2.39. The zero-order valence-corrected chi connectivity index (χ0v) is 13.7.